The molecule has 0 fully saturated rings. The van der Waals surface area contributed by atoms with E-state index in [0.29, 0.717) is 18.9 Å². The largest absolute Gasteiger partial charge is 0.450 e. The Bertz CT molecular complexity index is 264. The summed E-state index contributed by atoms with van der Waals surface area (Å²) in [6, 6.07) is -0.424. The first kappa shape index (κ1) is 16.9. The first-order chi connectivity index (χ1) is 8.42. The molecule has 0 saturated carbocycles. The molecular weight excluding hydrogens is 230 g/mol. The number of hydrogen-bond acceptors (Lipinski definition) is 3. The molecule has 2 unspecified atom stereocenters. The molecule has 0 rings (SSSR count). The molecule has 0 radical (unpaired) electrons. The highest BCUT2D eigenvalue weighted by atomic mass is 16.5. The number of ketones is 1. The smallest absolute Gasteiger partial charge is 0.407 e. The van der Waals surface area contributed by atoms with E-state index in [4.69, 9.17) is 4.74 Å². The molecule has 1 amide bonds. The molecule has 0 bridgehead atoms. The Balaban J connectivity index is 4.23. The highest BCUT2D eigenvalue weighted by Gasteiger charge is 2.24. The van der Waals surface area contributed by atoms with E-state index >= 15 is 0 Å². The molecule has 0 spiro atoms. The van der Waals surface area contributed by atoms with E-state index in [1.165, 1.54) is 0 Å². The van der Waals surface area contributed by atoms with Gasteiger partial charge in [0.2, 0.25) is 0 Å². The van der Waals surface area contributed by atoms with Crippen molar-refractivity contribution in [3.63, 3.8) is 0 Å². The van der Waals surface area contributed by atoms with E-state index in [9.17, 15) is 9.59 Å². The summed E-state index contributed by atoms with van der Waals surface area (Å²) < 4.78 is 5.07. The summed E-state index contributed by atoms with van der Waals surface area (Å²) in [5.41, 5.74) is 0. The molecule has 4 heteroatoms. The third kappa shape index (κ3) is 6.62. The lowest BCUT2D eigenvalue weighted by atomic mass is 9.94. The Labute approximate surface area is 110 Å². The Kier molecular flexibility index (Phi) is 8.42. The van der Waals surface area contributed by atoms with Gasteiger partial charge < -0.3 is 10.1 Å². The SMILES string of the molecule is CCC(=O)C(NC(=O)OCCC(C)C)C(C)CC. The maximum absolute atomic E-state index is 11.8. The quantitative estimate of drug-likeness (QED) is 0.726. The molecule has 4 nitrogen and oxygen atoms in total. The third-order valence-corrected chi connectivity index (χ3v) is 3.11. The van der Waals surface area contributed by atoms with Gasteiger partial charge in [-0.2, -0.15) is 0 Å². The van der Waals surface area contributed by atoms with E-state index in [0.717, 1.165) is 12.8 Å². The molecular formula is C14H27NO3. The van der Waals surface area contributed by atoms with Gasteiger partial charge in [-0.05, 0) is 18.3 Å². The number of nitrogens with one attached hydrogen (secondary N) is 1. The van der Waals surface area contributed by atoms with E-state index in [1.54, 1.807) is 0 Å². The summed E-state index contributed by atoms with van der Waals surface area (Å²) in [6.07, 6.45) is 1.63. The first-order valence-electron chi connectivity index (χ1n) is 6.88. The summed E-state index contributed by atoms with van der Waals surface area (Å²) in [7, 11) is 0. The fourth-order valence-corrected chi connectivity index (χ4v) is 1.55. The summed E-state index contributed by atoms with van der Waals surface area (Å²) in [4.78, 5) is 23.3. The van der Waals surface area contributed by atoms with Gasteiger partial charge in [0, 0.05) is 6.42 Å². The number of rotatable bonds is 8. The second-order valence-electron chi connectivity index (χ2n) is 5.15. The number of hydrogen-bond donors (Lipinski definition) is 1. The molecule has 0 aromatic rings. The van der Waals surface area contributed by atoms with Gasteiger partial charge in [0.05, 0.1) is 12.6 Å². The summed E-state index contributed by atoms with van der Waals surface area (Å²) in [5.74, 6) is 0.695. The number of alkyl carbamates (subject to hydrolysis) is 1. The third-order valence-electron chi connectivity index (χ3n) is 3.11. The second-order valence-corrected chi connectivity index (χ2v) is 5.15. The zero-order valence-corrected chi connectivity index (χ0v) is 12.3. The standard InChI is InChI=1S/C14H27NO3/c1-6-11(5)13(12(16)7-2)15-14(17)18-9-8-10(3)4/h10-11,13H,6-9H2,1-5H3,(H,15,17). The molecule has 0 aliphatic rings. The van der Waals surface area contributed by atoms with Gasteiger partial charge >= 0.3 is 6.09 Å². The van der Waals surface area contributed by atoms with E-state index in [2.05, 4.69) is 19.2 Å². The minimum atomic E-state index is -0.484. The highest BCUT2D eigenvalue weighted by Crippen LogP contribution is 2.10. The predicted molar refractivity (Wildman–Crippen MR) is 72.5 cm³/mol. The van der Waals surface area contributed by atoms with E-state index < -0.39 is 12.1 Å². The normalized spacial score (nSPS) is 14.1. The van der Waals surface area contributed by atoms with Gasteiger partial charge in [0.1, 0.15) is 0 Å². The van der Waals surface area contributed by atoms with Crippen LogP contribution in [0.5, 0.6) is 0 Å². The lowest BCUT2D eigenvalue weighted by Gasteiger charge is -2.22. The molecule has 0 saturated heterocycles. The number of ether oxygens (including phenoxy) is 1. The number of Topliss-reactive ketones (excluding diaryl/α,β-unsaturated/α-hetero) is 1. The van der Waals surface area contributed by atoms with Crippen molar-refractivity contribution in [1.82, 2.24) is 5.32 Å². The maximum atomic E-state index is 11.8. The molecule has 0 aliphatic heterocycles. The zero-order valence-electron chi connectivity index (χ0n) is 12.3. The molecule has 0 heterocycles. The van der Waals surface area contributed by atoms with Gasteiger partial charge in [-0.3, -0.25) is 4.79 Å². The molecule has 0 aromatic heterocycles. The number of amides is 1. The van der Waals surface area contributed by atoms with Gasteiger partial charge in [-0.25, -0.2) is 4.79 Å². The van der Waals surface area contributed by atoms with Crippen LogP contribution in [0.3, 0.4) is 0 Å². The van der Waals surface area contributed by atoms with Gasteiger partial charge in [0.15, 0.2) is 5.78 Å². The average Bonchev–Trinajstić information content (AvgIpc) is 2.33. The Morgan fingerprint density at radius 2 is 1.78 bits per heavy atom. The molecule has 2 atom stereocenters. The first-order valence-corrected chi connectivity index (χ1v) is 6.88. The van der Waals surface area contributed by atoms with Crippen LogP contribution in [-0.4, -0.2) is 24.5 Å². The van der Waals surface area contributed by atoms with Gasteiger partial charge in [-0.15, -0.1) is 0 Å². The van der Waals surface area contributed by atoms with Crippen molar-refractivity contribution in [2.75, 3.05) is 6.61 Å². The average molecular weight is 257 g/mol. The predicted octanol–water partition coefficient (Wildman–Crippen LogP) is 3.15. The van der Waals surface area contributed by atoms with Crippen LogP contribution in [-0.2, 0) is 9.53 Å². The van der Waals surface area contributed by atoms with Crippen molar-refractivity contribution < 1.29 is 14.3 Å². The van der Waals surface area contributed by atoms with Crippen LogP contribution in [0.2, 0.25) is 0 Å². The summed E-state index contributed by atoms with van der Waals surface area (Å²) in [6.45, 7) is 10.3. The topological polar surface area (TPSA) is 55.4 Å². The van der Waals surface area contributed by atoms with Crippen LogP contribution < -0.4 is 5.32 Å². The van der Waals surface area contributed by atoms with Crippen molar-refractivity contribution in [3.8, 4) is 0 Å². The van der Waals surface area contributed by atoms with Crippen molar-refractivity contribution in [2.45, 2.75) is 59.9 Å². The number of carbonyl (C=O) groups is 2. The Hall–Kier alpha value is -1.06. The fraction of sp³-hybridized carbons (Fsp3) is 0.857. The molecule has 0 aromatic carbocycles. The van der Waals surface area contributed by atoms with Gasteiger partial charge in [-0.1, -0.05) is 41.0 Å². The fourth-order valence-electron chi connectivity index (χ4n) is 1.55. The highest BCUT2D eigenvalue weighted by molar-refractivity contribution is 5.87. The van der Waals surface area contributed by atoms with Crippen molar-refractivity contribution in [1.29, 1.82) is 0 Å². The molecule has 1 N–H and O–H groups in total. The number of carbonyl (C=O) groups excluding carboxylic acids is 2. The van der Waals surface area contributed by atoms with Crippen LogP contribution in [0, 0.1) is 11.8 Å². The van der Waals surface area contributed by atoms with Crippen molar-refractivity contribution >= 4 is 11.9 Å². The van der Waals surface area contributed by atoms with E-state index in [-0.39, 0.29) is 11.7 Å². The monoisotopic (exact) mass is 257 g/mol. The lowest BCUT2D eigenvalue weighted by molar-refractivity contribution is -0.121. The Morgan fingerprint density at radius 1 is 1.17 bits per heavy atom. The zero-order chi connectivity index (χ0) is 14.1. The molecule has 0 aliphatic carbocycles. The van der Waals surface area contributed by atoms with E-state index in [1.807, 2.05) is 20.8 Å². The van der Waals surface area contributed by atoms with Crippen molar-refractivity contribution in [2.24, 2.45) is 11.8 Å². The van der Waals surface area contributed by atoms with Crippen LogP contribution in [0.1, 0.15) is 53.9 Å². The van der Waals surface area contributed by atoms with Crippen LogP contribution in [0.25, 0.3) is 0 Å². The van der Waals surface area contributed by atoms with Gasteiger partial charge in [0.25, 0.3) is 0 Å². The maximum Gasteiger partial charge on any atom is 0.407 e. The van der Waals surface area contributed by atoms with Crippen LogP contribution >= 0.6 is 0 Å². The van der Waals surface area contributed by atoms with Crippen molar-refractivity contribution in [3.05, 3.63) is 0 Å². The minimum Gasteiger partial charge on any atom is -0.450 e. The van der Waals surface area contributed by atoms with Crippen LogP contribution in [0.15, 0.2) is 0 Å². The summed E-state index contributed by atoms with van der Waals surface area (Å²) >= 11 is 0. The Morgan fingerprint density at radius 3 is 2.22 bits per heavy atom. The lowest BCUT2D eigenvalue weighted by Crippen LogP contribution is -2.45. The summed E-state index contributed by atoms with van der Waals surface area (Å²) in [5, 5.41) is 2.68. The molecule has 18 heavy (non-hydrogen) atoms. The second kappa shape index (κ2) is 8.95. The molecule has 106 valence electrons. The van der Waals surface area contributed by atoms with Crippen LogP contribution in [0.4, 0.5) is 4.79 Å². The minimum absolute atomic E-state index is 0.0603.